The molecule has 0 unspecified atom stereocenters. The number of aryl methyl sites for hydroxylation is 1. The molecule has 4 heteroatoms. The number of anilines is 3. The van der Waals surface area contributed by atoms with E-state index in [4.69, 9.17) is 10.2 Å². The highest BCUT2D eigenvalue weighted by Gasteiger charge is 2.08. The van der Waals surface area contributed by atoms with Crippen LogP contribution in [0, 0.1) is 6.92 Å². The minimum Gasteiger partial charge on any atom is -0.441 e. The topological polar surface area (TPSA) is 55.3 Å². The summed E-state index contributed by atoms with van der Waals surface area (Å²) in [5.41, 5.74) is 10.3. The lowest BCUT2D eigenvalue weighted by molar-refractivity contribution is 0.561. The highest BCUT2D eigenvalue weighted by atomic mass is 16.3. The molecular weight excluding hydrogens is 238 g/mol. The van der Waals surface area contributed by atoms with Crippen LogP contribution < -0.4 is 10.6 Å². The van der Waals surface area contributed by atoms with Crippen LogP contribution in [0.1, 0.15) is 5.89 Å². The molecule has 0 radical (unpaired) electrons. The Kier molecular flexibility index (Phi) is 2.63. The summed E-state index contributed by atoms with van der Waals surface area (Å²) in [5.74, 6) is 0.679. The second-order valence-electron chi connectivity index (χ2n) is 4.54. The zero-order valence-corrected chi connectivity index (χ0v) is 10.9. The van der Waals surface area contributed by atoms with Gasteiger partial charge in [0.1, 0.15) is 5.52 Å². The van der Waals surface area contributed by atoms with Gasteiger partial charge in [0.15, 0.2) is 11.5 Å². The summed E-state index contributed by atoms with van der Waals surface area (Å²) in [6.45, 7) is 1.85. The maximum Gasteiger partial charge on any atom is 0.192 e. The molecule has 2 N–H and O–H groups in total. The van der Waals surface area contributed by atoms with Gasteiger partial charge < -0.3 is 15.1 Å². The molecule has 4 nitrogen and oxygen atoms in total. The maximum absolute atomic E-state index is 5.81. The van der Waals surface area contributed by atoms with Gasteiger partial charge in [-0.2, -0.15) is 0 Å². The summed E-state index contributed by atoms with van der Waals surface area (Å²) in [4.78, 5) is 6.36. The van der Waals surface area contributed by atoms with E-state index in [0.717, 1.165) is 28.2 Å². The molecule has 3 rings (SSSR count). The Bertz CT molecular complexity index is 733. The van der Waals surface area contributed by atoms with Gasteiger partial charge in [-0.15, -0.1) is 0 Å². The van der Waals surface area contributed by atoms with Gasteiger partial charge in [-0.1, -0.05) is 6.07 Å². The Morgan fingerprint density at radius 1 is 1.11 bits per heavy atom. The first-order chi connectivity index (χ1) is 9.13. The molecule has 3 aromatic rings. The Balaban J connectivity index is 2.03. The van der Waals surface area contributed by atoms with Gasteiger partial charge >= 0.3 is 0 Å². The maximum atomic E-state index is 5.81. The van der Waals surface area contributed by atoms with E-state index in [2.05, 4.69) is 9.88 Å². The Labute approximate surface area is 111 Å². The first-order valence-electron chi connectivity index (χ1n) is 6.10. The molecule has 0 saturated carbocycles. The minimum absolute atomic E-state index is 0.679. The molecule has 1 aromatic heterocycles. The van der Waals surface area contributed by atoms with Crippen LogP contribution in [0.15, 0.2) is 46.9 Å². The third-order valence-corrected chi connectivity index (χ3v) is 3.12. The SMILES string of the molecule is Cc1nc2ccc(N(C)c3cccc(N)c3)cc2o1. The largest absolute Gasteiger partial charge is 0.441 e. The van der Waals surface area contributed by atoms with Crippen molar-refractivity contribution in [3.8, 4) is 0 Å². The van der Waals surface area contributed by atoms with Crippen molar-refractivity contribution in [3.63, 3.8) is 0 Å². The highest BCUT2D eigenvalue weighted by Crippen LogP contribution is 2.28. The Morgan fingerprint density at radius 2 is 1.89 bits per heavy atom. The van der Waals surface area contributed by atoms with Crippen molar-refractivity contribution >= 4 is 28.2 Å². The van der Waals surface area contributed by atoms with Crippen LogP contribution >= 0.6 is 0 Å². The number of nitrogens with two attached hydrogens (primary N) is 1. The molecule has 0 bridgehead atoms. The van der Waals surface area contributed by atoms with Gasteiger partial charge in [-0.25, -0.2) is 4.98 Å². The molecule has 0 aliphatic carbocycles. The van der Waals surface area contributed by atoms with E-state index in [1.807, 2.05) is 56.4 Å². The smallest absolute Gasteiger partial charge is 0.192 e. The number of aromatic nitrogens is 1. The van der Waals surface area contributed by atoms with Gasteiger partial charge in [-0.3, -0.25) is 0 Å². The molecule has 2 aromatic carbocycles. The van der Waals surface area contributed by atoms with Crippen LogP contribution in [0.5, 0.6) is 0 Å². The Morgan fingerprint density at radius 3 is 2.68 bits per heavy atom. The second kappa shape index (κ2) is 4.31. The summed E-state index contributed by atoms with van der Waals surface area (Å²) in [5, 5.41) is 0. The predicted octanol–water partition coefficient (Wildman–Crippen LogP) is 3.49. The zero-order valence-electron chi connectivity index (χ0n) is 10.9. The third-order valence-electron chi connectivity index (χ3n) is 3.12. The van der Waals surface area contributed by atoms with Crippen molar-refractivity contribution in [2.75, 3.05) is 17.7 Å². The van der Waals surface area contributed by atoms with E-state index in [9.17, 15) is 0 Å². The van der Waals surface area contributed by atoms with E-state index in [1.165, 1.54) is 0 Å². The van der Waals surface area contributed by atoms with Crippen molar-refractivity contribution < 1.29 is 4.42 Å². The molecule has 0 saturated heterocycles. The van der Waals surface area contributed by atoms with E-state index >= 15 is 0 Å². The van der Waals surface area contributed by atoms with Crippen LogP contribution in [-0.2, 0) is 0 Å². The van der Waals surface area contributed by atoms with Crippen molar-refractivity contribution in [2.45, 2.75) is 6.92 Å². The fourth-order valence-corrected chi connectivity index (χ4v) is 2.12. The van der Waals surface area contributed by atoms with Crippen LogP contribution in [0.4, 0.5) is 17.1 Å². The average molecular weight is 253 g/mol. The van der Waals surface area contributed by atoms with Crippen molar-refractivity contribution in [1.82, 2.24) is 4.98 Å². The molecule has 0 aliphatic heterocycles. The zero-order chi connectivity index (χ0) is 13.4. The normalized spacial score (nSPS) is 10.8. The van der Waals surface area contributed by atoms with Gasteiger partial charge in [0.05, 0.1) is 0 Å². The van der Waals surface area contributed by atoms with Crippen LogP contribution in [-0.4, -0.2) is 12.0 Å². The Hall–Kier alpha value is -2.49. The average Bonchev–Trinajstić information content (AvgIpc) is 2.76. The third kappa shape index (κ3) is 2.12. The first kappa shape index (κ1) is 11.6. The van der Waals surface area contributed by atoms with E-state index in [1.54, 1.807) is 0 Å². The number of oxazole rings is 1. The molecule has 0 aliphatic rings. The van der Waals surface area contributed by atoms with E-state index in [-0.39, 0.29) is 0 Å². The number of nitrogen functional groups attached to an aromatic ring is 1. The molecule has 0 spiro atoms. The van der Waals surface area contributed by atoms with Gasteiger partial charge in [-0.05, 0) is 30.3 Å². The second-order valence-corrected chi connectivity index (χ2v) is 4.54. The van der Waals surface area contributed by atoms with Crippen LogP contribution in [0.3, 0.4) is 0 Å². The molecule has 0 amide bonds. The number of rotatable bonds is 2. The van der Waals surface area contributed by atoms with E-state index in [0.29, 0.717) is 5.89 Å². The quantitative estimate of drug-likeness (QED) is 0.710. The van der Waals surface area contributed by atoms with Gasteiger partial charge in [0.2, 0.25) is 0 Å². The lowest BCUT2D eigenvalue weighted by Gasteiger charge is -2.19. The van der Waals surface area contributed by atoms with E-state index < -0.39 is 0 Å². The van der Waals surface area contributed by atoms with Gasteiger partial charge in [0, 0.05) is 37.1 Å². The monoisotopic (exact) mass is 253 g/mol. The lowest BCUT2D eigenvalue weighted by Crippen LogP contribution is -2.09. The molecule has 1 heterocycles. The number of hydrogen-bond acceptors (Lipinski definition) is 4. The fourth-order valence-electron chi connectivity index (χ4n) is 2.12. The number of fused-ring (bicyclic) bond motifs is 1. The summed E-state index contributed by atoms with van der Waals surface area (Å²) in [7, 11) is 2.00. The van der Waals surface area contributed by atoms with Crippen molar-refractivity contribution in [3.05, 3.63) is 48.4 Å². The molecule has 0 atom stereocenters. The summed E-state index contributed by atoms with van der Waals surface area (Å²) in [6.07, 6.45) is 0. The van der Waals surface area contributed by atoms with Crippen molar-refractivity contribution in [2.24, 2.45) is 0 Å². The number of hydrogen-bond donors (Lipinski definition) is 1. The van der Waals surface area contributed by atoms with Crippen LogP contribution in [0.25, 0.3) is 11.1 Å². The molecule has 96 valence electrons. The summed E-state index contributed by atoms with van der Waals surface area (Å²) < 4.78 is 5.56. The highest BCUT2D eigenvalue weighted by molar-refractivity contribution is 5.79. The molecule has 0 fully saturated rings. The van der Waals surface area contributed by atoms with Gasteiger partial charge in [0.25, 0.3) is 0 Å². The standard InChI is InChI=1S/C15H15N3O/c1-10-17-14-7-6-13(9-15(14)19-10)18(2)12-5-3-4-11(16)8-12/h3-9H,16H2,1-2H3. The minimum atomic E-state index is 0.679. The summed E-state index contributed by atoms with van der Waals surface area (Å²) >= 11 is 0. The molecule has 19 heavy (non-hydrogen) atoms. The first-order valence-corrected chi connectivity index (χ1v) is 6.10. The number of benzene rings is 2. The predicted molar refractivity (Wildman–Crippen MR) is 77.7 cm³/mol. The summed E-state index contributed by atoms with van der Waals surface area (Å²) in [6, 6.07) is 13.7. The lowest BCUT2D eigenvalue weighted by atomic mass is 10.2. The molecular formula is C15H15N3O. The van der Waals surface area contributed by atoms with Crippen LogP contribution in [0.2, 0.25) is 0 Å². The fraction of sp³-hybridized carbons (Fsp3) is 0.133. The van der Waals surface area contributed by atoms with Crippen molar-refractivity contribution in [1.29, 1.82) is 0 Å². The number of nitrogens with zero attached hydrogens (tertiary/aromatic N) is 2.